The van der Waals surface area contributed by atoms with Crippen LogP contribution in [0.15, 0.2) is 124 Å². The van der Waals surface area contributed by atoms with Crippen LogP contribution in [0.5, 0.6) is 0 Å². The van der Waals surface area contributed by atoms with Crippen LogP contribution in [0.2, 0.25) is 0 Å². The van der Waals surface area contributed by atoms with Gasteiger partial charge < -0.3 is 8.98 Å². The molecule has 0 saturated carbocycles. The average Bonchev–Trinajstić information content (AvgIpc) is 3.28. The molecule has 0 N–H and O–H groups in total. The summed E-state index contributed by atoms with van der Waals surface area (Å²) in [7, 11) is 0. The van der Waals surface area contributed by atoms with E-state index in [0.29, 0.717) is 11.0 Å². The third-order valence-electron chi connectivity index (χ3n) is 7.41. The molecule has 3 heteroatoms. The van der Waals surface area contributed by atoms with Crippen molar-refractivity contribution in [3.63, 3.8) is 0 Å². The van der Waals surface area contributed by atoms with Crippen LogP contribution >= 0.6 is 0 Å². The summed E-state index contributed by atoms with van der Waals surface area (Å²) in [6, 6.07) is 39.6. The molecule has 0 radical (unpaired) electrons. The van der Waals surface area contributed by atoms with Gasteiger partial charge in [0.05, 0.1) is 22.1 Å². The maximum Gasteiger partial charge on any atom is 0.344 e. The van der Waals surface area contributed by atoms with Gasteiger partial charge in [0.2, 0.25) is 0 Å². The highest BCUT2D eigenvalue weighted by Crippen LogP contribution is 2.40. The molecular weight excluding hydrogens is 442 g/mol. The fraction of sp³-hybridized carbons (Fsp3) is 0. The van der Waals surface area contributed by atoms with Gasteiger partial charge in [-0.1, -0.05) is 91.0 Å². The zero-order chi connectivity index (χ0) is 23.8. The summed E-state index contributed by atoms with van der Waals surface area (Å²) >= 11 is 0. The van der Waals surface area contributed by atoms with Crippen molar-refractivity contribution in [3.8, 4) is 5.69 Å². The molecule has 0 aliphatic rings. The number of para-hydroxylation sites is 1. The van der Waals surface area contributed by atoms with Crippen molar-refractivity contribution in [2.24, 2.45) is 0 Å². The zero-order valence-corrected chi connectivity index (χ0v) is 19.2. The van der Waals surface area contributed by atoms with E-state index in [9.17, 15) is 4.79 Å². The molecule has 0 unspecified atom stereocenters. The fourth-order valence-corrected chi connectivity index (χ4v) is 5.86. The molecule has 6 aromatic carbocycles. The van der Waals surface area contributed by atoms with E-state index >= 15 is 0 Å². The monoisotopic (exact) mass is 461 g/mol. The van der Waals surface area contributed by atoms with Crippen LogP contribution in [-0.4, -0.2) is 4.57 Å². The van der Waals surface area contributed by atoms with Gasteiger partial charge in [0, 0.05) is 21.5 Å². The van der Waals surface area contributed by atoms with Crippen LogP contribution in [0, 0.1) is 0 Å². The van der Waals surface area contributed by atoms with Crippen LogP contribution in [0.3, 0.4) is 0 Å². The van der Waals surface area contributed by atoms with Crippen LogP contribution < -0.4 is 5.63 Å². The maximum atomic E-state index is 13.1. The molecule has 8 rings (SSSR count). The number of benzene rings is 6. The van der Waals surface area contributed by atoms with Crippen LogP contribution in [0.1, 0.15) is 0 Å². The summed E-state index contributed by atoms with van der Waals surface area (Å²) in [5.74, 6) is 0. The first-order chi connectivity index (χ1) is 17.8. The summed E-state index contributed by atoms with van der Waals surface area (Å²) < 4.78 is 8.38. The van der Waals surface area contributed by atoms with Gasteiger partial charge in [-0.15, -0.1) is 0 Å². The first-order valence-corrected chi connectivity index (χ1v) is 12.1. The molecule has 0 atom stereocenters. The van der Waals surface area contributed by atoms with Gasteiger partial charge in [0.25, 0.3) is 0 Å². The Kier molecular flexibility index (Phi) is 3.81. The second-order valence-corrected chi connectivity index (χ2v) is 9.29. The average molecular weight is 462 g/mol. The number of fused-ring (bicyclic) bond motifs is 10. The lowest BCUT2D eigenvalue weighted by molar-refractivity contribution is 0.572. The minimum absolute atomic E-state index is 0.314. The standard InChI is InChI=1S/C33H19NO2/c35-33-28-15-6-4-12-23(28)27-18-17-26-25-14-7-8-16-29(25)34(31(26)32(27)36-33)30-19-20-9-1-2-10-21(20)22-11-3-5-13-24(22)30/h1-19H. The van der Waals surface area contributed by atoms with Gasteiger partial charge in [-0.2, -0.15) is 0 Å². The number of rotatable bonds is 1. The Hall–Kier alpha value is -4.89. The molecule has 0 spiro atoms. The largest absolute Gasteiger partial charge is 0.420 e. The molecule has 8 aromatic rings. The normalized spacial score (nSPS) is 12.0. The summed E-state index contributed by atoms with van der Waals surface area (Å²) in [6.45, 7) is 0. The van der Waals surface area contributed by atoms with Gasteiger partial charge in [0.15, 0.2) is 5.58 Å². The van der Waals surface area contributed by atoms with E-state index in [1.54, 1.807) is 0 Å². The second kappa shape index (κ2) is 7.06. The fourth-order valence-electron chi connectivity index (χ4n) is 5.86. The molecule has 2 heterocycles. The Morgan fingerprint density at radius 3 is 1.89 bits per heavy atom. The molecule has 0 fully saturated rings. The van der Waals surface area contributed by atoms with Crippen molar-refractivity contribution in [1.82, 2.24) is 4.57 Å². The summed E-state index contributed by atoms with van der Waals surface area (Å²) in [6.07, 6.45) is 0. The Morgan fingerprint density at radius 1 is 0.500 bits per heavy atom. The van der Waals surface area contributed by atoms with E-state index in [4.69, 9.17) is 4.42 Å². The van der Waals surface area contributed by atoms with Gasteiger partial charge in [-0.3, -0.25) is 0 Å². The lowest BCUT2D eigenvalue weighted by Crippen LogP contribution is -2.01. The molecule has 0 amide bonds. The molecule has 3 nitrogen and oxygen atoms in total. The van der Waals surface area contributed by atoms with Gasteiger partial charge in [-0.25, -0.2) is 4.79 Å². The summed E-state index contributed by atoms with van der Waals surface area (Å²) in [4.78, 5) is 13.1. The molecule has 2 aromatic heterocycles. The van der Waals surface area contributed by atoms with Crippen LogP contribution in [0.25, 0.3) is 70.8 Å². The maximum absolute atomic E-state index is 13.1. The molecule has 36 heavy (non-hydrogen) atoms. The Bertz CT molecular complexity index is 2230. The second-order valence-electron chi connectivity index (χ2n) is 9.29. The van der Waals surface area contributed by atoms with Crippen molar-refractivity contribution < 1.29 is 4.42 Å². The first kappa shape index (κ1) is 19.4. The van der Waals surface area contributed by atoms with Gasteiger partial charge >= 0.3 is 5.63 Å². The predicted octanol–water partition coefficient (Wildman–Crippen LogP) is 8.35. The van der Waals surface area contributed by atoms with Crippen molar-refractivity contribution in [2.75, 3.05) is 0 Å². The molecule has 0 bridgehead atoms. The van der Waals surface area contributed by atoms with Crippen LogP contribution in [-0.2, 0) is 0 Å². The number of hydrogen-bond acceptors (Lipinski definition) is 2. The van der Waals surface area contributed by atoms with E-state index in [2.05, 4.69) is 95.6 Å². The van der Waals surface area contributed by atoms with Gasteiger partial charge in [0.1, 0.15) is 0 Å². The zero-order valence-electron chi connectivity index (χ0n) is 19.2. The lowest BCUT2D eigenvalue weighted by Gasteiger charge is -2.15. The van der Waals surface area contributed by atoms with E-state index in [1.807, 2.05) is 24.3 Å². The Balaban J connectivity index is 1.67. The number of nitrogens with zero attached hydrogens (tertiary/aromatic N) is 1. The highest BCUT2D eigenvalue weighted by atomic mass is 16.4. The molecule has 0 aliphatic carbocycles. The quantitative estimate of drug-likeness (QED) is 0.182. The third kappa shape index (κ3) is 2.49. The summed E-state index contributed by atoms with van der Waals surface area (Å²) in [5, 5.41) is 9.38. The molecule has 0 aliphatic heterocycles. The Labute approximate surface area is 205 Å². The SMILES string of the molecule is O=c1oc2c(ccc3c4ccccc4n(-c4cc5ccccc5c5ccccc45)c32)c2ccccc12. The minimum Gasteiger partial charge on any atom is -0.420 e. The first-order valence-electron chi connectivity index (χ1n) is 12.1. The number of aromatic nitrogens is 1. The smallest absolute Gasteiger partial charge is 0.344 e. The number of hydrogen-bond donors (Lipinski definition) is 0. The van der Waals surface area contributed by atoms with E-state index in [-0.39, 0.29) is 5.63 Å². The highest BCUT2D eigenvalue weighted by Gasteiger charge is 2.20. The van der Waals surface area contributed by atoms with Crippen molar-refractivity contribution in [1.29, 1.82) is 0 Å². The Morgan fingerprint density at radius 2 is 1.08 bits per heavy atom. The molecular formula is C33H19NO2. The van der Waals surface area contributed by atoms with E-state index in [1.165, 1.54) is 16.2 Å². The van der Waals surface area contributed by atoms with Crippen LogP contribution in [0.4, 0.5) is 0 Å². The van der Waals surface area contributed by atoms with Crippen molar-refractivity contribution in [3.05, 3.63) is 126 Å². The van der Waals surface area contributed by atoms with Gasteiger partial charge in [-0.05, 0) is 45.8 Å². The molecule has 168 valence electrons. The molecule has 0 saturated heterocycles. The topological polar surface area (TPSA) is 35.1 Å². The minimum atomic E-state index is -0.314. The summed E-state index contributed by atoms with van der Waals surface area (Å²) in [5.41, 5.74) is 3.36. The van der Waals surface area contributed by atoms with Crippen molar-refractivity contribution >= 4 is 65.1 Å². The van der Waals surface area contributed by atoms with E-state index < -0.39 is 0 Å². The van der Waals surface area contributed by atoms with E-state index in [0.717, 1.165) is 43.7 Å². The third-order valence-corrected chi connectivity index (χ3v) is 7.41. The predicted molar refractivity (Wildman–Crippen MR) is 149 cm³/mol. The van der Waals surface area contributed by atoms with Crippen molar-refractivity contribution in [2.45, 2.75) is 0 Å². The lowest BCUT2D eigenvalue weighted by atomic mass is 10.00. The highest BCUT2D eigenvalue weighted by molar-refractivity contribution is 6.22.